The van der Waals surface area contributed by atoms with Crippen molar-refractivity contribution in [2.75, 3.05) is 28.3 Å². The lowest BCUT2D eigenvalue weighted by Crippen LogP contribution is -2.54. The van der Waals surface area contributed by atoms with E-state index in [2.05, 4.69) is 16.7 Å². The molecule has 7 rings (SSSR count). The van der Waals surface area contributed by atoms with Crippen LogP contribution in [0.1, 0.15) is 77.8 Å². The number of fused-ring (bicyclic) bond motifs is 1. The van der Waals surface area contributed by atoms with Gasteiger partial charge in [-0.05, 0) is 130 Å². The number of imide groups is 2. The minimum Gasteiger partial charge on any atom is -0.494 e. The van der Waals surface area contributed by atoms with Gasteiger partial charge in [0.2, 0.25) is 11.8 Å². The number of nitrogens with one attached hydrogen (secondary N) is 2. The number of nitrogens with zero attached hydrogens (tertiary/aromatic N) is 4. The summed E-state index contributed by atoms with van der Waals surface area (Å²) >= 11 is 5.84. The smallest absolute Gasteiger partial charge is 0.264 e. The fraction of sp³-hybridized carbons (Fsp3) is 0.279. The van der Waals surface area contributed by atoms with Gasteiger partial charge < -0.3 is 15.0 Å². The predicted octanol–water partition coefficient (Wildman–Crippen LogP) is 6.51. The zero-order valence-corrected chi connectivity index (χ0v) is 32.1. The lowest BCUT2D eigenvalue weighted by atomic mass is 10.0. The Morgan fingerprint density at radius 3 is 2.27 bits per heavy atom. The van der Waals surface area contributed by atoms with Crippen molar-refractivity contribution in [1.29, 1.82) is 5.26 Å². The fourth-order valence-corrected chi connectivity index (χ4v) is 7.92. The molecule has 0 aliphatic carbocycles. The number of hydrogen-bond acceptors (Lipinski definition) is 9. The van der Waals surface area contributed by atoms with Crippen LogP contribution >= 0.6 is 12.2 Å². The van der Waals surface area contributed by atoms with Gasteiger partial charge >= 0.3 is 0 Å². The number of piperidine rings is 1. The maximum Gasteiger partial charge on any atom is 0.264 e. The van der Waals surface area contributed by atoms with Crippen LogP contribution in [0.2, 0.25) is 0 Å². The number of thiocarbonyl (C=S) groups is 1. The molecule has 3 aliphatic rings. The monoisotopic (exact) mass is 768 g/mol. The highest BCUT2D eigenvalue weighted by molar-refractivity contribution is 7.81. The second kappa shape index (κ2) is 15.4. The Labute approximate surface area is 330 Å². The molecule has 0 spiro atoms. The average molecular weight is 769 g/mol. The molecular formula is C43H40N6O6S. The van der Waals surface area contributed by atoms with Crippen LogP contribution in [0.25, 0.3) is 11.1 Å². The molecule has 1 unspecified atom stereocenters. The van der Waals surface area contributed by atoms with Crippen LogP contribution in [0.3, 0.4) is 0 Å². The lowest BCUT2D eigenvalue weighted by molar-refractivity contribution is -0.136. The number of rotatable bonds is 12. The van der Waals surface area contributed by atoms with Gasteiger partial charge in [0.15, 0.2) is 5.11 Å². The Balaban J connectivity index is 0.883. The van der Waals surface area contributed by atoms with E-state index >= 15 is 0 Å². The summed E-state index contributed by atoms with van der Waals surface area (Å²) < 4.78 is 6.00. The lowest BCUT2D eigenvalue weighted by Gasteiger charge is -2.29. The van der Waals surface area contributed by atoms with Gasteiger partial charge in [-0.2, -0.15) is 5.26 Å². The Morgan fingerprint density at radius 1 is 0.893 bits per heavy atom. The van der Waals surface area contributed by atoms with E-state index in [1.54, 1.807) is 30.3 Å². The van der Waals surface area contributed by atoms with E-state index < -0.39 is 35.2 Å². The second-order valence-electron chi connectivity index (χ2n) is 14.5. The summed E-state index contributed by atoms with van der Waals surface area (Å²) in [6.45, 7) is 6.66. The third kappa shape index (κ3) is 6.99. The first kappa shape index (κ1) is 37.9. The largest absolute Gasteiger partial charge is 0.494 e. The van der Waals surface area contributed by atoms with Crippen molar-refractivity contribution in [3.05, 3.63) is 107 Å². The second-order valence-corrected chi connectivity index (χ2v) is 14.9. The minimum atomic E-state index is -1.00. The summed E-state index contributed by atoms with van der Waals surface area (Å²) in [5.74, 6) is -1.49. The Hall–Kier alpha value is -6.39. The maximum absolute atomic E-state index is 13.6. The molecule has 5 amide bonds. The molecule has 4 aromatic rings. The summed E-state index contributed by atoms with van der Waals surface area (Å²) in [5.41, 5.74) is 4.90. The van der Waals surface area contributed by atoms with E-state index in [1.165, 1.54) is 4.90 Å². The van der Waals surface area contributed by atoms with Crippen molar-refractivity contribution in [3.63, 3.8) is 0 Å². The highest BCUT2D eigenvalue weighted by atomic mass is 32.1. The molecule has 2 saturated heterocycles. The standard InChI is InChI=1S/C43H40N6O6S/c1-26-24-31(17-12-29(26)25-44)47-41(54)43(2,3)49(42(47)56)30-15-10-27(11-16-30)28-13-18-32(19-14-28)55-23-6-4-5-22-45-34-9-7-8-33-37(34)40(53)48(39(33)52)35-20-21-36(50)46-38(35)51/h7-19,24,35,45H,4-6,20-23H2,1-3H3,(H,46,50,51). The molecule has 13 heteroatoms. The van der Waals surface area contributed by atoms with E-state index in [-0.39, 0.29) is 29.9 Å². The average Bonchev–Trinajstić information content (AvgIpc) is 3.54. The van der Waals surface area contributed by atoms with Gasteiger partial charge in [0, 0.05) is 24.3 Å². The molecule has 284 valence electrons. The number of amides is 5. The van der Waals surface area contributed by atoms with Crippen LogP contribution in [0.15, 0.2) is 84.9 Å². The molecule has 3 aliphatic heterocycles. The summed E-state index contributed by atoms with van der Waals surface area (Å²) in [7, 11) is 0. The van der Waals surface area contributed by atoms with Gasteiger partial charge in [-0.3, -0.25) is 39.1 Å². The third-order valence-corrected chi connectivity index (χ3v) is 10.8. The van der Waals surface area contributed by atoms with E-state index in [9.17, 15) is 29.2 Å². The first-order valence-corrected chi connectivity index (χ1v) is 18.9. The zero-order valence-electron chi connectivity index (χ0n) is 31.3. The number of aryl methyl sites for hydroxylation is 1. The van der Waals surface area contributed by atoms with Crippen molar-refractivity contribution in [1.82, 2.24) is 10.2 Å². The van der Waals surface area contributed by atoms with Crippen molar-refractivity contribution >= 4 is 63.9 Å². The van der Waals surface area contributed by atoms with E-state index in [1.807, 2.05) is 80.3 Å². The third-order valence-electron chi connectivity index (χ3n) is 10.4. The summed E-state index contributed by atoms with van der Waals surface area (Å²) in [6.07, 6.45) is 2.68. The van der Waals surface area contributed by atoms with Gasteiger partial charge in [0.1, 0.15) is 17.3 Å². The molecule has 4 aromatic carbocycles. The molecule has 2 fully saturated rings. The van der Waals surface area contributed by atoms with Crippen molar-refractivity contribution in [2.24, 2.45) is 0 Å². The molecule has 56 heavy (non-hydrogen) atoms. The van der Waals surface area contributed by atoms with Crippen LogP contribution in [0.5, 0.6) is 5.75 Å². The molecule has 12 nitrogen and oxygen atoms in total. The molecule has 0 aromatic heterocycles. The first-order valence-electron chi connectivity index (χ1n) is 18.5. The Morgan fingerprint density at radius 2 is 1.59 bits per heavy atom. The maximum atomic E-state index is 13.6. The van der Waals surface area contributed by atoms with E-state index in [4.69, 9.17) is 17.0 Å². The van der Waals surface area contributed by atoms with Crippen molar-refractivity contribution in [2.45, 2.75) is 64.5 Å². The molecule has 3 heterocycles. The molecule has 2 N–H and O–H groups in total. The topological polar surface area (TPSA) is 152 Å². The predicted molar refractivity (Wildman–Crippen MR) is 215 cm³/mol. The minimum absolute atomic E-state index is 0.0714. The molecule has 1 atom stereocenters. The fourth-order valence-electron chi connectivity index (χ4n) is 7.39. The van der Waals surface area contributed by atoms with Crippen LogP contribution in [0.4, 0.5) is 17.1 Å². The molecular weight excluding hydrogens is 729 g/mol. The van der Waals surface area contributed by atoms with Crippen LogP contribution in [-0.2, 0) is 14.4 Å². The molecule has 0 bridgehead atoms. The van der Waals surface area contributed by atoms with Crippen molar-refractivity contribution in [3.8, 4) is 22.9 Å². The highest BCUT2D eigenvalue weighted by Crippen LogP contribution is 2.38. The number of carbonyl (C=O) groups is 5. The van der Waals surface area contributed by atoms with Crippen LogP contribution in [0, 0.1) is 18.3 Å². The zero-order chi connectivity index (χ0) is 39.7. The van der Waals surface area contributed by atoms with Crippen LogP contribution in [-0.4, -0.2) is 64.3 Å². The number of unbranched alkanes of at least 4 members (excludes halogenated alkanes) is 2. The van der Waals surface area contributed by atoms with Gasteiger partial charge in [-0.25, -0.2) is 0 Å². The van der Waals surface area contributed by atoms with Gasteiger partial charge in [-0.15, -0.1) is 0 Å². The van der Waals surface area contributed by atoms with Crippen molar-refractivity contribution < 1.29 is 28.7 Å². The summed E-state index contributed by atoms with van der Waals surface area (Å²) in [5, 5.41) is 15.2. The number of anilines is 3. The van der Waals surface area contributed by atoms with E-state index in [0.717, 1.165) is 52.3 Å². The SMILES string of the molecule is Cc1cc(N2C(=O)C(C)(C)N(c3ccc(-c4ccc(OCCCCCNc5cccc6c5C(=O)N(C5CCC(=O)NC5=O)C6=O)cc4)cc3)C2=S)ccc1C#N. The van der Waals surface area contributed by atoms with Gasteiger partial charge in [0.25, 0.3) is 17.7 Å². The normalized spacial score (nSPS) is 17.6. The summed E-state index contributed by atoms with van der Waals surface area (Å²) in [6, 6.07) is 27.3. The number of nitriles is 1. The number of carbonyl (C=O) groups excluding carboxylic acids is 5. The van der Waals surface area contributed by atoms with Gasteiger partial charge in [0.05, 0.1) is 35.1 Å². The number of ether oxygens (including phenoxy) is 1. The first-order chi connectivity index (χ1) is 26.9. The Kier molecular flexibility index (Phi) is 10.4. The number of benzene rings is 4. The van der Waals surface area contributed by atoms with E-state index in [0.29, 0.717) is 35.2 Å². The summed E-state index contributed by atoms with van der Waals surface area (Å²) in [4.78, 5) is 68.3. The Bertz CT molecular complexity index is 2320. The number of hydrogen-bond donors (Lipinski definition) is 2. The molecule has 0 saturated carbocycles. The van der Waals surface area contributed by atoms with Gasteiger partial charge in [-0.1, -0.05) is 30.3 Å². The quantitative estimate of drug-likeness (QED) is 0.0927. The molecule has 0 radical (unpaired) electrons. The van der Waals surface area contributed by atoms with Crippen LogP contribution < -0.4 is 25.2 Å². The highest BCUT2D eigenvalue weighted by Gasteiger charge is 2.50.